The molecule has 5 heteroatoms. The predicted octanol–water partition coefficient (Wildman–Crippen LogP) is 3.90. The summed E-state index contributed by atoms with van der Waals surface area (Å²) in [6, 6.07) is 12.8. The molecule has 0 saturated heterocycles. The van der Waals surface area contributed by atoms with Gasteiger partial charge >= 0.3 is 0 Å². The van der Waals surface area contributed by atoms with Crippen LogP contribution in [0.3, 0.4) is 0 Å². The van der Waals surface area contributed by atoms with Crippen molar-refractivity contribution in [2.24, 2.45) is 0 Å². The van der Waals surface area contributed by atoms with Crippen molar-refractivity contribution in [1.82, 2.24) is 0 Å². The van der Waals surface area contributed by atoms with E-state index in [4.69, 9.17) is 0 Å². The van der Waals surface area contributed by atoms with Crippen molar-refractivity contribution in [2.45, 2.75) is 31.2 Å². The Labute approximate surface area is 133 Å². The third kappa shape index (κ3) is 2.38. The molecule has 0 spiro atoms. The number of hydrogen-bond acceptors (Lipinski definition) is 2. The Bertz CT molecular complexity index is 802. The molecule has 1 heterocycles. The Morgan fingerprint density at radius 2 is 1.90 bits per heavy atom. The smallest absolute Gasteiger partial charge is 0.263 e. The topological polar surface area (TPSA) is 37.4 Å². The molecule has 0 bridgehead atoms. The van der Waals surface area contributed by atoms with E-state index in [2.05, 4.69) is 15.9 Å². The molecule has 3 rings (SSSR count). The van der Waals surface area contributed by atoms with E-state index in [1.807, 2.05) is 38.1 Å². The summed E-state index contributed by atoms with van der Waals surface area (Å²) in [6.07, 6.45) is 0.755. The summed E-state index contributed by atoms with van der Waals surface area (Å²) in [6.45, 7) is 3.84. The monoisotopic (exact) mass is 365 g/mol. The third-order valence-corrected chi connectivity index (χ3v) is 6.64. The van der Waals surface area contributed by atoms with Gasteiger partial charge in [-0.05, 0) is 55.7 Å². The van der Waals surface area contributed by atoms with E-state index < -0.39 is 10.0 Å². The summed E-state index contributed by atoms with van der Waals surface area (Å²) in [7, 11) is -3.53. The fourth-order valence-corrected chi connectivity index (χ4v) is 4.82. The zero-order valence-electron chi connectivity index (χ0n) is 11.9. The predicted molar refractivity (Wildman–Crippen MR) is 88.2 cm³/mol. The first-order chi connectivity index (χ1) is 9.91. The molecule has 0 amide bonds. The van der Waals surface area contributed by atoms with Crippen molar-refractivity contribution >= 4 is 31.6 Å². The highest BCUT2D eigenvalue weighted by Gasteiger charge is 2.35. The minimum absolute atomic E-state index is 0.0589. The van der Waals surface area contributed by atoms with Crippen LogP contribution in [0, 0.1) is 6.92 Å². The molecule has 0 aliphatic carbocycles. The van der Waals surface area contributed by atoms with Gasteiger partial charge in [0.05, 0.1) is 10.6 Å². The molecule has 0 saturated carbocycles. The van der Waals surface area contributed by atoms with Crippen LogP contribution in [-0.2, 0) is 16.4 Å². The standard InChI is InChI=1S/C16H16BrNO2S/c1-11-9-14(7-8-15(11)17)21(19,20)18-12(2)10-13-5-3-4-6-16(13)18/h3-9,12H,10H2,1-2H3/t12-/m0/s1. The van der Waals surface area contributed by atoms with Crippen LogP contribution >= 0.6 is 15.9 Å². The highest BCUT2D eigenvalue weighted by molar-refractivity contribution is 9.10. The second-order valence-corrected chi connectivity index (χ2v) is 8.06. The molecule has 1 aliphatic rings. The van der Waals surface area contributed by atoms with Gasteiger partial charge in [0.25, 0.3) is 10.0 Å². The highest BCUT2D eigenvalue weighted by Crippen LogP contribution is 2.36. The minimum atomic E-state index is -3.53. The Morgan fingerprint density at radius 1 is 1.19 bits per heavy atom. The van der Waals surface area contributed by atoms with Gasteiger partial charge in [0.1, 0.15) is 0 Å². The van der Waals surface area contributed by atoms with Gasteiger partial charge in [0.2, 0.25) is 0 Å². The third-order valence-electron chi connectivity index (χ3n) is 3.83. The van der Waals surface area contributed by atoms with Gasteiger partial charge in [-0.2, -0.15) is 0 Å². The maximum atomic E-state index is 13.0. The van der Waals surface area contributed by atoms with Gasteiger partial charge < -0.3 is 0 Å². The molecule has 0 fully saturated rings. The first-order valence-corrected chi connectivity index (χ1v) is 9.03. The maximum absolute atomic E-state index is 13.0. The number of nitrogens with zero attached hydrogens (tertiary/aromatic N) is 1. The average Bonchev–Trinajstić information content (AvgIpc) is 2.78. The van der Waals surface area contributed by atoms with Gasteiger partial charge in [-0.25, -0.2) is 8.42 Å². The lowest BCUT2D eigenvalue weighted by Gasteiger charge is -2.24. The Kier molecular flexibility index (Phi) is 3.58. The van der Waals surface area contributed by atoms with E-state index in [0.29, 0.717) is 4.90 Å². The SMILES string of the molecule is Cc1cc(S(=O)(=O)N2c3ccccc3C[C@@H]2C)ccc1Br. The van der Waals surface area contributed by atoms with Gasteiger partial charge in [0, 0.05) is 10.5 Å². The average molecular weight is 366 g/mol. The number of fused-ring (bicyclic) bond motifs is 1. The minimum Gasteiger partial charge on any atom is -0.263 e. The zero-order chi connectivity index (χ0) is 15.2. The highest BCUT2D eigenvalue weighted by atomic mass is 79.9. The normalized spacial score (nSPS) is 17.9. The molecule has 0 radical (unpaired) electrons. The quantitative estimate of drug-likeness (QED) is 0.809. The second kappa shape index (κ2) is 5.14. The molecular weight excluding hydrogens is 350 g/mol. The van der Waals surface area contributed by atoms with Gasteiger partial charge in [-0.1, -0.05) is 34.1 Å². The molecule has 110 valence electrons. The van der Waals surface area contributed by atoms with Crippen LogP contribution in [0.25, 0.3) is 0 Å². The molecule has 1 atom stereocenters. The Balaban J connectivity index is 2.12. The molecule has 1 aliphatic heterocycles. The molecule has 21 heavy (non-hydrogen) atoms. The number of aryl methyl sites for hydroxylation is 1. The lowest BCUT2D eigenvalue weighted by atomic mass is 10.1. The number of benzene rings is 2. The van der Waals surface area contributed by atoms with Crippen LogP contribution in [0.1, 0.15) is 18.1 Å². The van der Waals surface area contributed by atoms with Crippen molar-refractivity contribution in [2.75, 3.05) is 4.31 Å². The fraction of sp³-hybridized carbons (Fsp3) is 0.250. The van der Waals surface area contributed by atoms with Crippen LogP contribution in [-0.4, -0.2) is 14.5 Å². The molecule has 0 N–H and O–H groups in total. The van der Waals surface area contributed by atoms with E-state index in [-0.39, 0.29) is 6.04 Å². The molecule has 2 aromatic rings. The summed E-state index contributed by atoms with van der Waals surface area (Å²) >= 11 is 3.41. The molecular formula is C16H16BrNO2S. The summed E-state index contributed by atoms with van der Waals surface area (Å²) in [4.78, 5) is 0.340. The first-order valence-electron chi connectivity index (χ1n) is 6.80. The lowest BCUT2D eigenvalue weighted by Crippen LogP contribution is -2.35. The largest absolute Gasteiger partial charge is 0.264 e. The number of halogens is 1. The summed E-state index contributed by atoms with van der Waals surface area (Å²) < 4.78 is 28.4. The van der Waals surface area contributed by atoms with Crippen LogP contribution in [0.4, 0.5) is 5.69 Å². The van der Waals surface area contributed by atoms with E-state index in [1.54, 1.807) is 22.5 Å². The van der Waals surface area contributed by atoms with Crippen molar-refractivity contribution in [3.8, 4) is 0 Å². The maximum Gasteiger partial charge on any atom is 0.264 e. The van der Waals surface area contributed by atoms with Crippen molar-refractivity contribution < 1.29 is 8.42 Å². The van der Waals surface area contributed by atoms with E-state index in [0.717, 1.165) is 27.7 Å². The van der Waals surface area contributed by atoms with E-state index >= 15 is 0 Å². The number of rotatable bonds is 2. The van der Waals surface area contributed by atoms with Crippen LogP contribution in [0.15, 0.2) is 51.8 Å². The van der Waals surface area contributed by atoms with Crippen molar-refractivity contribution in [3.63, 3.8) is 0 Å². The number of hydrogen-bond donors (Lipinski definition) is 0. The molecule has 3 nitrogen and oxygen atoms in total. The zero-order valence-corrected chi connectivity index (χ0v) is 14.3. The second-order valence-electron chi connectivity index (χ2n) is 5.39. The molecule has 0 unspecified atom stereocenters. The van der Waals surface area contributed by atoms with E-state index in [9.17, 15) is 8.42 Å². The fourth-order valence-electron chi connectivity index (χ4n) is 2.79. The molecule has 0 aromatic heterocycles. The number of sulfonamides is 1. The first kappa shape index (κ1) is 14.6. The Morgan fingerprint density at radius 3 is 2.62 bits per heavy atom. The lowest BCUT2D eigenvalue weighted by molar-refractivity contribution is 0.584. The van der Waals surface area contributed by atoms with Gasteiger partial charge in [0.15, 0.2) is 0 Å². The summed E-state index contributed by atoms with van der Waals surface area (Å²) in [5.74, 6) is 0. The summed E-state index contributed by atoms with van der Waals surface area (Å²) in [5.41, 5.74) is 2.80. The Hall–Kier alpha value is -1.33. The van der Waals surface area contributed by atoms with Crippen LogP contribution < -0.4 is 4.31 Å². The van der Waals surface area contributed by atoms with Crippen LogP contribution in [0.2, 0.25) is 0 Å². The molecule has 2 aromatic carbocycles. The summed E-state index contributed by atoms with van der Waals surface area (Å²) in [5, 5.41) is 0. The van der Waals surface area contributed by atoms with Gasteiger partial charge in [-0.15, -0.1) is 0 Å². The van der Waals surface area contributed by atoms with Crippen molar-refractivity contribution in [3.05, 3.63) is 58.1 Å². The number of para-hydroxylation sites is 1. The van der Waals surface area contributed by atoms with Gasteiger partial charge in [-0.3, -0.25) is 4.31 Å². The van der Waals surface area contributed by atoms with Crippen molar-refractivity contribution in [1.29, 1.82) is 0 Å². The van der Waals surface area contributed by atoms with Crippen LogP contribution in [0.5, 0.6) is 0 Å². The number of anilines is 1. The van der Waals surface area contributed by atoms with E-state index in [1.165, 1.54) is 0 Å².